The summed E-state index contributed by atoms with van der Waals surface area (Å²) in [6.07, 6.45) is 1.60. The molecule has 0 saturated carbocycles. The van der Waals surface area contributed by atoms with E-state index in [-0.39, 0.29) is 5.91 Å². The fourth-order valence-corrected chi connectivity index (χ4v) is 2.33. The number of hydrogen-bond donors (Lipinski definition) is 2. The Morgan fingerprint density at radius 1 is 1.29 bits per heavy atom. The van der Waals surface area contributed by atoms with Gasteiger partial charge in [0.2, 0.25) is 5.88 Å². The number of rotatable bonds is 4. The summed E-state index contributed by atoms with van der Waals surface area (Å²) in [7, 11) is 0. The van der Waals surface area contributed by atoms with E-state index in [1.165, 1.54) is 11.1 Å². The molecule has 0 bridgehead atoms. The molecule has 0 aliphatic carbocycles. The molecule has 0 radical (unpaired) electrons. The SMILES string of the molecule is CCOc1ccc(NC(=O)c2ccc3c(c2)CNC3)cn1. The molecule has 2 heterocycles. The van der Waals surface area contributed by atoms with Gasteiger partial charge < -0.3 is 15.4 Å². The molecular weight excluding hydrogens is 266 g/mol. The van der Waals surface area contributed by atoms with Crippen molar-refractivity contribution in [2.45, 2.75) is 20.0 Å². The van der Waals surface area contributed by atoms with Crippen LogP contribution in [0.2, 0.25) is 0 Å². The Kier molecular flexibility index (Phi) is 3.83. The first-order chi connectivity index (χ1) is 10.3. The fraction of sp³-hybridized carbons (Fsp3) is 0.250. The van der Waals surface area contributed by atoms with Crippen molar-refractivity contribution in [1.82, 2.24) is 10.3 Å². The number of pyridine rings is 1. The van der Waals surface area contributed by atoms with Gasteiger partial charge in [-0.1, -0.05) is 6.07 Å². The summed E-state index contributed by atoms with van der Waals surface area (Å²) in [6, 6.07) is 9.31. The molecule has 0 saturated heterocycles. The largest absolute Gasteiger partial charge is 0.478 e. The van der Waals surface area contributed by atoms with Crippen LogP contribution in [0, 0.1) is 0 Å². The smallest absolute Gasteiger partial charge is 0.255 e. The summed E-state index contributed by atoms with van der Waals surface area (Å²) in [4.78, 5) is 16.4. The highest BCUT2D eigenvalue weighted by atomic mass is 16.5. The molecule has 5 nitrogen and oxygen atoms in total. The average Bonchev–Trinajstić information content (AvgIpc) is 2.97. The molecular formula is C16H17N3O2. The number of ether oxygens (including phenoxy) is 1. The fourth-order valence-electron chi connectivity index (χ4n) is 2.33. The molecule has 1 aromatic carbocycles. The Morgan fingerprint density at radius 2 is 2.14 bits per heavy atom. The van der Waals surface area contributed by atoms with Crippen LogP contribution in [0.4, 0.5) is 5.69 Å². The van der Waals surface area contributed by atoms with E-state index in [1.807, 2.05) is 25.1 Å². The van der Waals surface area contributed by atoms with E-state index in [1.54, 1.807) is 18.3 Å². The maximum Gasteiger partial charge on any atom is 0.255 e. The van der Waals surface area contributed by atoms with E-state index in [4.69, 9.17) is 4.74 Å². The second-order valence-corrected chi connectivity index (χ2v) is 4.86. The van der Waals surface area contributed by atoms with Gasteiger partial charge in [0.15, 0.2) is 0 Å². The first-order valence-corrected chi connectivity index (χ1v) is 6.99. The molecule has 0 fully saturated rings. The minimum absolute atomic E-state index is 0.129. The maximum atomic E-state index is 12.2. The molecule has 0 unspecified atom stereocenters. The summed E-state index contributed by atoms with van der Waals surface area (Å²) in [6.45, 7) is 4.17. The van der Waals surface area contributed by atoms with Gasteiger partial charge in [0, 0.05) is 24.7 Å². The zero-order chi connectivity index (χ0) is 14.7. The Labute approximate surface area is 123 Å². The molecule has 0 spiro atoms. The van der Waals surface area contributed by atoms with Crippen molar-refractivity contribution in [3.63, 3.8) is 0 Å². The van der Waals surface area contributed by atoms with Gasteiger partial charge in [0.25, 0.3) is 5.91 Å². The Bertz CT molecular complexity index is 653. The summed E-state index contributed by atoms with van der Waals surface area (Å²) in [5.74, 6) is 0.426. The van der Waals surface area contributed by atoms with Crippen LogP contribution in [0.1, 0.15) is 28.4 Å². The Balaban J connectivity index is 1.71. The number of hydrogen-bond acceptors (Lipinski definition) is 4. The van der Waals surface area contributed by atoms with Gasteiger partial charge in [-0.25, -0.2) is 4.98 Å². The Hall–Kier alpha value is -2.40. The number of nitrogens with one attached hydrogen (secondary N) is 2. The second-order valence-electron chi connectivity index (χ2n) is 4.86. The quantitative estimate of drug-likeness (QED) is 0.904. The van der Waals surface area contributed by atoms with Crippen LogP contribution in [0.3, 0.4) is 0 Å². The van der Waals surface area contributed by atoms with Crippen LogP contribution < -0.4 is 15.4 Å². The number of anilines is 1. The Morgan fingerprint density at radius 3 is 2.90 bits per heavy atom. The summed E-state index contributed by atoms with van der Waals surface area (Å²) in [5, 5.41) is 6.11. The first kappa shape index (κ1) is 13.6. The lowest BCUT2D eigenvalue weighted by Crippen LogP contribution is -2.12. The first-order valence-electron chi connectivity index (χ1n) is 6.99. The van der Waals surface area contributed by atoms with Gasteiger partial charge in [-0.15, -0.1) is 0 Å². The van der Waals surface area contributed by atoms with Gasteiger partial charge in [0.05, 0.1) is 18.5 Å². The molecule has 1 amide bonds. The summed E-state index contributed by atoms with van der Waals surface area (Å²) in [5.41, 5.74) is 3.76. The summed E-state index contributed by atoms with van der Waals surface area (Å²) < 4.78 is 5.27. The number of amides is 1. The number of nitrogens with zero attached hydrogens (tertiary/aromatic N) is 1. The van der Waals surface area contributed by atoms with E-state index in [0.717, 1.165) is 13.1 Å². The molecule has 21 heavy (non-hydrogen) atoms. The lowest BCUT2D eigenvalue weighted by molar-refractivity contribution is 0.102. The molecule has 5 heteroatoms. The van der Waals surface area contributed by atoms with Crippen molar-refractivity contribution in [1.29, 1.82) is 0 Å². The van der Waals surface area contributed by atoms with Crippen molar-refractivity contribution in [2.75, 3.05) is 11.9 Å². The van der Waals surface area contributed by atoms with E-state index >= 15 is 0 Å². The molecule has 108 valence electrons. The average molecular weight is 283 g/mol. The number of carbonyl (C=O) groups excluding carboxylic acids is 1. The van der Waals surface area contributed by atoms with Crippen molar-refractivity contribution < 1.29 is 9.53 Å². The zero-order valence-corrected chi connectivity index (χ0v) is 11.8. The van der Waals surface area contributed by atoms with Crippen LogP contribution in [0.25, 0.3) is 0 Å². The van der Waals surface area contributed by atoms with Crippen molar-refractivity contribution >= 4 is 11.6 Å². The van der Waals surface area contributed by atoms with Gasteiger partial charge >= 0.3 is 0 Å². The normalized spacial score (nSPS) is 12.8. The van der Waals surface area contributed by atoms with Crippen LogP contribution in [-0.4, -0.2) is 17.5 Å². The zero-order valence-electron chi connectivity index (χ0n) is 11.8. The third kappa shape index (κ3) is 3.03. The lowest BCUT2D eigenvalue weighted by atomic mass is 10.1. The second kappa shape index (κ2) is 5.93. The van der Waals surface area contributed by atoms with Gasteiger partial charge in [0.1, 0.15) is 0 Å². The van der Waals surface area contributed by atoms with Gasteiger partial charge in [-0.05, 0) is 36.2 Å². The van der Waals surface area contributed by atoms with E-state index in [2.05, 4.69) is 15.6 Å². The van der Waals surface area contributed by atoms with Crippen molar-refractivity contribution in [3.8, 4) is 5.88 Å². The molecule has 2 aromatic rings. The third-order valence-corrected chi connectivity index (χ3v) is 3.39. The maximum absolute atomic E-state index is 12.2. The van der Waals surface area contributed by atoms with E-state index in [9.17, 15) is 4.79 Å². The molecule has 1 aromatic heterocycles. The van der Waals surface area contributed by atoms with Crippen LogP contribution in [-0.2, 0) is 13.1 Å². The molecule has 1 aliphatic rings. The van der Waals surface area contributed by atoms with Crippen LogP contribution in [0.5, 0.6) is 5.88 Å². The van der Waals surface area contributed by atoms with Crippen LogP contribution in [0.15, 0.2) is 36.5 Å². The predicted molar refractivity (Wildman–Crippen MR) is 80.3 cm³/mol. The standard InChI is InChI=1S/C16H17N3O2/c1-2-21-15-6-5-14(10-18-15)19-16(20)11-3-4-12-8-17-9-13(12)7-11/h3-7,10,17H,2,8-9H2,1H3,(H,19,20). The molecule has 0 atom stereocenters. The topological polar surface area (TPSA) is 63.2 Å². The monoisotopic (exact) mass is 283 g/mol. The van der Waals surface area contributed by atoms with E-state index in [0.29, 0.717) is 23.7 Å². The lowest BCUT2D eigenvalue weighted by Gasteiger charge is -2.07. The highest BCUT2D eigenvalue weighted by Gasteiger charge is 2.13. The van der Waals surface area contributed by atoms with E-state index < -0.39 is 0 Å². The minimum atomic E-state index is -0.129. The predicted octanol–water partition coefficient (Wildman–Crippen LogP) is 2.34. The van der Waals surface area contributed by atoms with Gasteiger partial charge in [-0.2, -0.15) is 0 Å². The number of benzene rings is 1. The minimum Gasteiger partial charge on any atom is -0.478 e. The van der Waals surface area contributed by atoms with Crippen molar-refractivity contribution in [2.24, 2.45) is 0 Å². The van der Waals surface area contributed by atoms with Crippen molar-refractivity contribution in [3.05, 3.63) is 53.2 Å². The van der Waals surface area contributed by atoms with Crippen LogP contribution >= 0.6 is 0 Å². The summed E-state index contributed by atoms with van der Waals surface area (Å²) >= 11 is 0. The number of aromatic nitrogens is 1. The molecule has 1 aliphatic heterocycles. The molecule has 3 rings (SSSR count). The highest BCUT2D eigenvalue weighted by Crippen LogP contribution is 2.18. The number of carbonyl (C=O) groups is 1. The highest BCUT2D eigenvalue weighted by molar-refractivity contribution is 6.04. The number of fused-ring (bicyclic) bond motifs is 1. The molecule has 2 N–H and O–H groups in total. The third-order valence-electron chi connectivity index (χ3n) is 3.39. The van der Waals surface area contributed by atoms with Gasteiger partial charge in [-0.3, -0.25) is 4.79 Å².